The lowest BCUT2D eigenvalue weighted by atomic mass is 10.1. The molecule has 5 nitrogen and oxygen atoms in total. The largest absolute Gasteiger partial charge is 0.508 e. The summed E-state index contributed by atoms with van der Waals surface area (Å²) >= 11 is 0. The topological polar surface area (TPSA) is 72.0 Å². The van der Waals surface area contributed by atoms with Crippen molar-refractivity contribution in [3.63, 3.8) is 0 Å². The van der Waals surface area contributed by atoms with E-state index >= 15 is 0 Å². The molecule has 0 bridgehead atoms. The van der Waals surface area contributed by atoms with E-state index in [0.717, 1.165) is 5.56 Å². The van der Waals surface area contributed by atoms with Gasteiger partial charge in [0.05, 0.1) is 6.42 Å². The fourth-order valence-electron chi connectivity index (χ4n) is 1.71. The summed E-state index contributed by atoms with van der Waals surface area (Å²) in [5.41, 5.74) is 1.68. The summed E-state index contributed by atoms with van der Waals surface area (Å²) in [4.78, 5) is 8.46. The Bertz CT molecular complexity index is 663. The summed E-state index contributed by atoms with van der Waals surface area (Å²) in [6.45, 7) is 0. The van der Waals surface area contributed by atoms with Crippen LogP contribution in [0.25, 0.3) is 11.5 Å². The van der Waals surface area contributed by atoms with Gasteiger partial charge < -0.3 is 9.63 Å². The molecule has 0 unspecified atom stereocenters. The standard InChI is InChI=1S/C14H11N3O2/c18-11-6-4-10(5-7-11)9-13-16-14(17-19-13)12-3-1-2-8-15-12/h1-8,18H,9H2. The number of hydrogen-bond donors (Lipinski definition) is 1. The lowest BCUT2D eigenvalue weighted by Crippen LogP contribution is -1.89. The predicted molar refractivity (Wildman–Crippen MR) is 68.4 cm³/mol. The van der Waals surface area contributed by atoms with Gasteiger partial charge in [0.2, 0.25) is 11.7 Å². The highest BCUT2D eigenvalue weighted by atomic mass is 16.5. The molecule has 0 saturated heterocycles. The molecule has 94 valence electrons. The van der Waals surface area contributed by atoms with Crippen LogP contribution < -0.4 is 0 Å². The fourth-order valence-corrected chi connectivity index (χ4v) is 1.71. The Labute approximate surface area is 109 Å². The van der Waals surface area contributed by atoms with E-state index < -0.39 is 0 Å². The maximum atomic E-state index is 9.22. The quantitative estimate of drug-likeness (QED) is 0.776. The number of aromatic hydroxyl groups is 1. The molecule has 1 N–H and O–H groups in total. The van der Waals surface area contributed by atoms with Gasteiger partial charge >= 0.3 is 0 Å². The molecule has 0 aliphatic rings. The normalized spacial score (nSPS) is 10.5. The van der Waals surface area contributed by atoms with Gasteiger partial charge in [-0.25, -0.2) is 0 Å². The average Bonchev–Trinajstić information content (AvgIpc) is 2.91. The van der Waals surface area contributed by atoms with Crippen molar-refractivity contribution in [1.29, 1.82) is 0 Å². The molecule has 0 fully saturated rings. The van der Waals surface area contributed by atoms with Crippen molar-refractivity contribution in [3.05, 3.63) is 60.1 Å². The molecule has 5 heteroatoms. The van der Waals surface area contributed by atoms with Gasteiger partial charge in [-0.3, -0.25) is 4.98 Å². The van der Waals surface area contributed by atoms with E-state index in [4.69, 9.17) is 4.52 Å². The maximum absolute atomic E-state index is 9.22. The molecule has 0 spiro atoms. The lowest BCUT2D eigenvalue weighted by Gasteiger charge is -1.96. The fraction of sp³-hybridized carbons (Fsp3) is 0.0714. The van der Waals surface area contributed by atoms with Crippen molar-refractivity contribution in [2.24, 2.45) is 0 Å². The number of rotatable bonds is 3. The lowest BCUT2D eigenvalue weighted by molar-refractivity contribution is 0.385. The third-order valence-corrected chi connectivity index (χ3v) is 2.65. The van der Waals surface area contributed by atoms with E-state index in [0.29, 0.717) is 23.8 Å². The number of aromatic nitrogens is 3. The second-order valence-corrected chi connectivity index (χ2v) is 4.07. The van der Waals surface area contributed by atoms with E-state index in [2.05, 4.69) is 15.1 Å². The van der Waals surface area contributed by atoms with Crippen LogP contribution in [0.1, 0.15) is 11.5 Å². The van der Waals surface area contributed by atoms with Gasteiger partial charge in [0.15, 0.2) is 0 Å². The molecule has 19 heavy (non-hydrogen) atoms. The molecule has 3 rings (SSSR count). The van der Waals surface area contributed by atoms with Crippen LogP contribution in [-0.2, 0) is 6.42 Å². The monoisotopic (exact) mass is 253 g/mol. The minimum Gasteiger partial charge on any atom is -0.508 e. The minimum absolute atomic E-state index is 0.239. The number of phenols is 1. The Morgan fingerprint density at radius 1 is 1.05 bits per heavy atom. The number of benzene rings is 1. The van der Waals surface area contributed by atoms with Crippen molar-refractivity contribution in [1.82, 2.24) is 15.1 Å². The number of phenolic OH excluding ortho intramolecular Hbond substituents is 1. The Morgan fingerprint density at radius 2 is 1.89 bits per heavy atom. The summed E-state index contributed by atoms with van der Waals surface area (Å²) < 4.78 is 5.19. The third-order valence-electron chi connectivity index (χ3n) is 2.65. The molecule has 0 aliphatic carbocycles. The van der Waals surface area contributed by atoms with Crippen LogP contribution in [0.3, 0.4) is 0 Å². The summed E-state index contributed by atoms with van der Waals surface area (Å²) in [5, 5.41) is 13.1. The van der Waals surface area contributed by atoms with Gasteiger partial charge in [-0.1, -0.05) is 23.4 Å². The average molecular weight is 253 g/mol. The molecule has 0 amide bonds. The van der Waals surface area contributed by atoms with E-state index in [1.54, 1.807) is 18.3 Å². The van der Waals surface area contributed by atoms with E-state index in [-0.39, 0.29) is 5.75 Å². The first-order valence-electron chi connectivity index (χ1n) is 5.83. The molecule has 0 saturated carbocycles. The maximum Gasteiger partial charge on any atom is 0.231 e. The van der Waals surface area contributed by atoms with Gasteiger partial charge in [0, 0.05) is 6.20 Å². The number of pyridine rings is 1. The zero-order valence-corrected chi connectivity index (χ0v) is 10.0. The van der Waals surface area contributed by atoms with Crippen LogP contribution in [0.2, 0.25) is 0 Å². The van der Waals surface area contributed by atoms with Crippen molar-refractivity contribution in [2.45, 2.75) is 6.42 Å². The molecule has 0 radical (unpaired) electrons. The molecule has 1 aromatic carbocycles. The zero-order valence-electron chi connectivity index (χ0n) is 10.0. The second-order valence-electron chi connectivity index (χ2n) is 4.07. The van der Waals surface area contributed by atoms with Crippen molar-refractivity contribution in [3.8, 4) is 17.3 Å². The summed E-state index contributed by atoms with van der Waals surface area (Å²) in [5.74, 6) is 1.24. The van der Waals surface area contributed by atoms with Crippen LogP contribution in [0.4, 0.5) is 0 Å². The first-order valence-corrected chi connectivity index (χ1v) is 5.83. The smallest absolute Gasteiger partial charge is 0.231 e. The Kier molecular flexibility index (Phi) is 2.94. The second kappa shape index (κ2) is 4.89. The first-order chi connectivity index (χ1) is 9.31. The summed E-state index contributed by atoms with van der Waals surface area (Å²) in [6, 6.07) is 12.4. The van der Waals surface area contributed by atoms with Crippen LogP contribution in [0.15, 0.2) is 53.2 Å². The highest BCUT2D eigenvalue weighted by Crippen LogP contribution is 2.16. The molecule has 2 heterocycles. The van der Waals surface area contributed by atoms with Gasteiger partial charge in [0.25, 0.3) is 0 Å². The van der Waals surface area contributed by atoms with E-state index in [9.17, 15) is 5.11 Å². The summed E-state index contributed by atoms with van der Waals surface area (Å²) in [7, 11) is 0. The minimum atomic E-state index is 0.239. The predicted octanol–water partition coefficient (Wildman–Crippen LogP) is 2.43. The van der Waals surface area contributed by atoms with Crippen LogP contribution in [-0.4, -0.2) is 20.2 Å². The first kappa shape index (κ1) is 11.4. The molecule has 0 aliphatic heterocycles. The Morgan fingerprint density at radius 3 is 2.63 bits per heavy atom. The van der Waals surface area contributed by atoms with Crippen molar-refractivity contribution >= 4 is 0 Å². The highest BCUT2D eigenvalue weighted by molar-refractivity contribution is 5.47. The van der Waals surface area contributed by atoms with Crippen molar-refractivity contribution < 1.29 is 9.63 Å². The Hall–Kier alpha value is -2.69. The van der Waals surface area contributed by atoms with Gasteiger partial charge in [-0.2, -0.15) is 4.98 Å². The van der Waals surface area contributed by atoms with Gasteiger partial charge in [-0.15, -0.1) is 0 Å². The Balaban J connectivity index is 1.80. The van der Waals surface area contributed by atoms with E-state index in [1.807, 2.05) is 30.3 Å². The van der Waals surface area contributed by atoms with E-state index in [1.165, 1.54) is 0 Å². The number of nitrogens with zero attached hydrogens (tertiary/aromatic N) is 3. The van der Waals surface area contributed by atoms with Gasteiger partial charge in [0.1, 0.15) is 11.4 Å². The summed E-state index contributed by atoms with van der Waals surface area (Å²) in [6.07, 6.45) is 2.21. The molecule has 0 atom stereocenters. The van der Waals surface area contributed by atoms with Crippen LogP contribution in [0, 0.1) is 0 Å². The molecular weight excluding hydrogens is 242 g/mol. The zero-order chi connectivity index (χ0) is 13.1. The molecule has 3 aromatic rings. The molecule has 2 aromatic heterocycles. The van der Waals surface area contributed by atoms with Crippen LogP contribution >= 0.6 is 0 Å². The SMILES string of the molecule is Oc1ccc(Cc2nc(-c3ccccn3)no2)cc1. The highest BCUT2D eigenvalue weighted by Gasteiger charge is 2.09. The van der Waals surface area contributed by atoms with Crippen molar-refractivity contribution in [2.75, 3.05) is 0 Å². The van der Waals surface area contributed by atoms with Gasteiger partial charge in [-0.05, 0) is 29.8 Å². The third kappa shape index (κ3) is 2.60. The van der Waals surface area contributed by atoms with Crippen LogP contribution in [0.5, 0.6) is 5.75 Å². The molecular formula is C14H11N3O2. The number of hydrogen-bond acceptors (Lipinski definition) is 5.